The first kappa shape index (κ1) is 24.3. The normalized spacial score (nSPS) is 10.8. The van der Waals surface area contributed by atoms with E-state index in [1.54, 1.807) is 30.3 Å². The third kappa shape index (κ3) is 5.73. The van der Waals surface area contributed by atoms with E-state index in [1.165, 1.54) is 7.11 Å². The summed E-state index contributed by atoms with van der Waals surface area (Å²) < 4.78 is 6.86. The smallest absolute Gasteiger partial charge is 0.337 e. The summed E-state index contributed by atoms with van der Waals surface area (Å²) in [6.07, 6.45) is 2.79. The molecular weight excluding hydrogens is 442 g/mol. The van der Waals surface area contributed by atoms with E-state index in [4.69, 9.17) is 16.3 Å². The number of hydrogen-bond acceptors (Lipinski definition) is 5. The Labute approximate surface area is 198 Å². The number of para-hydroxylation sites is 1. The number of unbranched alkanes of at least 4 members (excludes halogenated alkanes) is 1. The summed E-state index contributed by atoms with van der Waals surface area (Å²) in [5, 5.41) is 9.97. The number of imidazole rings is 1. The lowest BCUT2D eigenvalue weighted by atomic mass is 10.1. The molecule has 1 N–H and O–H groups in total. The van der Waals surface area contributed by atoms with Crippen LogP contribution in [-0.4, -0.2) is 40.8 Å². The third-order valence-corrected chi connectivity index (χ3v) is 5.81. The number of benzene rings is 2. The molecule has 0 aliphatic carbocycles. The zero-order chi connectivity index (χ0) is 24.0. The van der Waals surface area contributed by atoms with Crippen molar-refractivity contribution in [1.29, 1.82) is 0 Å². The van der Waals surface area contributed by atoms with Gasteiger partial charge in [0.05, 0.1) is 36.2 Å². The van der Waals surface area contributed by atoms with Crippen LogP contribution in [0.1, 0.15) is 57.6 Å². The Morgan fingerprint density at radius 1 is 1.15 bits per heavy atom. The van der Waals surface area contributed by atoms with Crippen molar-refractivity contribution in [2.24, 2.45) is 0 Å². The summed E-state index contributed by atoms with van der Waals surface area (Å²) in [6, 6.07) is 14.1. The summed E-state index contributed by atoms with van der Waals surface area (Å²) in [6.45, 7) is 3.05. The van der Waals surface area contributed by atoms with Gasteiger partial charge in [0.2, 0.25) is 0 Å². The number of aromatic nitrogens is 2. The second-order valence-corrected chi connectivity index (χ2v) is 8.18. The monoisotopic (exact) mass is 469 g/mol. The van der Waals surface area contributed by atoms with Crippen molar-refractivity contribution >= 4 is 29.2 Å². The summed E-state index contributed by atoms with van der Waals surface area (Å²) in [5.41, 5.74) is 3.12. The van der Waals surface area contributed by atoms with Crippen molar-refractivity contribution in [3.8, 4) is 0 Å². The van der Waals surface area contributed by atoms with E-state index >= 15 is 0 Å². The van der Waals surface area contributed by atoms with Crippen LogP contribution in [0.4, 0.5) is 5.69 Å². The number of rotatable bonds is 10. The standard InChI is InChI=1S/C25H28ClN3O4/c1-4-5-10-22-27-23(26)21(16-28(2)20-9-7-6-8-19(20)24(30)31)29(22)15-17-11-13-18(14-12-17)25(32)33-3/h6-9,11-14H,4-5,10,15-16H2,1-3H3,(H,30,31). The van der Waals surface area contributed by atoms with E-state index in [-0.39, 0.29) is 11.5 Å². The number of carboxylic acid groups (broad SMARTS) is 1. The summed E-state index contributed by atoms with van der Waals surface area (Å²) in [5.74, 6) is -0.476. The van der Waals surface area contributed by atoms with E-state index in [1.807, 2.05) is 30.1 Å². The second-order valence-electron chi connectivity index (χ2n) is 7.82. The van der Waals surface area contributed by atoms with E-state index in [9.17, 15) is 14.7 Å². The predicted octanol–water partition coefficient (Wildman–Crippen LogP) is 5.05. The van der Waals surface area contributed by atoms with Gasteiger partial charge in [-0.1, -0.05) is 49.2 Å². The van der Waals surface area contributed by atoms with Gasteiger partial charge in [-0.05, 0) is 36.2 Å². The number of carbonyl (C=O) groups is 2. The lowest BCUT2D eigenvalue weighted by Crippen LogP contribution is -2.22. The number of carboxylic acids is 1. The van der Waals surface area contributed by atoms with Gasteiger partial charge in [0.15, 0.2) is 5.15 Å². The van der Waals surface area contributed by atoms with Crippen LogP contribution >= 0.6 is 11.6 Å². The van der Waals surface area contributed by atoms with Gasteiger partial charge in [-0.2, -0.15) is 0 Å². The lowest BCUT2D eigenvalue weighted by Gasteiger charge is -2.22. The summed E-state index contributed by atoms with van der Waals surface area (Å²) in [4.78, 5) is 29.9. The summed E-state index contributed by atoms with van der Waals surface area (Å²) in [7, 11) is 3.20. The molecule has 2 aromatic carbocycles. The minimum absolute atomic E-state index is 0.229. The van der Waals surface area contributed by atoms with Gasteiger partial charge < -0.3 is 19.3 Å². The van der Waals surface area contributed by atoms with Crippen LogP contribution in [0.3, 0.4) is 0 Å². The van der Waals surface area contributed by atoms with Crippen molar-refractivity contribution in [1.82, 2.24) is 9.55 Å². The number of aromatic carboxylic acids is 1. The fraction of sp³-hybridized carbons (Fsp3) is 0.320. The number of hydrogen-bond donors (Lipinski definition) is 1. The second kappa shape index (κ2) is 11.0. The molecule has 174 valence electrons. The van der Waals surface area contributed by atoms with Gasteiger partial charge >= 0.3 is 11.9 Å². The van der Waals surface area contributed by atoms with Crippen LogP contribution < -0.4 is 4.90 Å². The molecule has 0 spiro atoms. The van der Waals surface area contributed by atoms with Crippen LogP contribution in [-0.2, 0) is 24.2 Å². The molecular formula is C25H28ClN3O4. The molecule has 0 radical (unpaired) electrons. The lowest BCUT2D eigenvalue weighted by molar-refractivity contribution is 0.0599. The maximum Gasteiger partial charge on any atom is 0.337 e. The van der Waals surface area contributed by atoms with Crippen LogP contribution in [0.5, 0.6) is 0 Å². The Kier molecular flexibility index (Phi) is 8.11. The van der Waals surface area contributed by atoms with Crippen LogP contribution in [0.15, 0.2) is 48.5 Å². The highest BCUT2D eigenvalue weighted by atomic mass is 35.5. The quantitative estimate of drug-likeness (QED) is 0.418. The zero-order valence-electron chi connectivity index (χ0n) is 19.0. The Morgan fingerprint density at radius 3 is 2.48 bits per heavy atom. The molecule has 33 heavy (non-hydrogen) atoms. The molecule has 0 aliphatic heterocycles. The molecule has 1 aromatic heterocycles. The number of esters is 1. The third-order valence-electron chi connectivity index (χ3n) is 5.51. The van der Waals surface area contributed by atoms with Gasteiger partial charge in [0.25, 0.3) is 0 Å². The molecule has 0 atom stereocenters. The van der Waals surface area contributed by atoms with E-state index < -0.39 is 5.97 Å². The molecule has 0 unspecified atom stereocenters. The van der Waals surface area contributed by atoms with Gasteiger partial charge in [-0.25, -0.2) is 14.6 Å². The number of carbonyl (C=O) groups excluding carboxylic acids is 1. The van der Waals surface area contributed by atoms with Crippen LogP contribution in [0.25, 0.3) is 0 Å². The van der Waals surface area contributed by atoms with Crippen molar-refractivity contribution in [3.05, 3.63) is 81.9 Å². The topological polar surface area (TPSA) is 84.7 Å². The molecule has 3 aromatic rings. The zero-order valence-corrected chi connectivity index (χ0v) is 19.8. The Hall–Kier alpha value is -3.32. The van der Waals surface area contributed by atoms with E-state index in [0.717, 1.165) is 36.3 Å². The van der Waals surface area contributed by atoms with Crippen LogP contribution in [0, 0.1) is 0 Å². The molecule has 0 saturated carbocycles. The molecule has 7 nitrogen and oxygen atoms in total. The van der Waals surface area contributed by atoms with Crippen molar-refractivity contribution in [2.45, 2.75) is 39.3 Å². The molecule has 0 saturated heterocycles. The molecule has 1 heterocycles. The number of halogens is 1. The number of methoxy groups -OCH3 is 1. The highest BCUT2D eigenvalue weighted by molar-refractivity contribution is 6.30. The van der Waals surface area contributed by atoms with Crippen molar-refractivity contribution in [2.75, 3.05) is 19.1 Å². The molecule has 8 heteroatoms. The van der Waals surface area contributed by atoms with Crippen LogP contribution in [0.2, 0.25) is 5.15 Å². The Morgan fingerprint density at radius 2 is 1.85 bits per heavy atom. The number of aryl methyl sites for hydroxylation is 1. The minimum Gasteiger partial charge on any atom is -0.478 e. The fourth-order valence-electron chi connectivity index (χ4n) is 3.71. The average Bonchev–Trinajstić information content (AvgIpc) is 3.11. The first-order valence-corrected chi connectivity index (χ1v) is 11.2. The first-order valence-electron chi connectivity index (χ1n) is 10.8. The number of anilines is 1. The SMILES string of the molecule is CCCCc1nc(Cl)c(CN(C)c2ccccc2C(=O)O)n1Cc1ccc(C(=O)OC)cc1. The van der Waals surface area contributed by atoms with E-state index in [2.05, 4.69) is 16.5 Å². The van der Waals surface area contributed by atoms with Gasteiger partial charge in [0.1, 0.15) is 5.82 Å². The predicted molar refractivity (Wildman–Crippen MR) is 128 cm³/mol. The Balaban J connectivity index is 1.94. The van der Waals surface area contributed by atoms with Gasteiger partial charge in [-0.3, -0.25) is 0 Å². The summed E-state index contributed by atoms with van der Waals surface area (Å²) >= 11 is 6.58. The highest BCUT2D eigenvalue weighted by Gasteiger charge is 2.20. The maximum atomic E-state index is 11.7. The maximum absolute atomic E-state index is 11.7. The molecule has 0 bridgehead atoms. The average molecular weight is 470 g/mol. The molecule has 0 fully saturated rings. The van der Waals surface area contributed by atoms with Crippen molar-refractivity contribution < 1.29 is 19.4 Å². The van der Waals surface area contributed by atoms with E-state index in [0.29, 0.717) is 29.5 Å². The number of ether oxygens (including phenoxy) is 1. The number of nitrogens with zero attached hydrogens (tertiary/aromatic N) is 3. The molecule has 0 amide bonds. The Bertz CT molecular complexity index is 1130. The fourth-order valence-corrected chi connectivity index (χ4v) is 3.97. The van der Waals surface area contributed by atoms with Crippen molar-refractivity contribution in [3.63, 3.8) is 0 Å². The van der Waals surface area contributed by atoms with Gasteiger partial charge in [-0.15, -0.1) is 0 Å². The first-order chi connectivity index (χ1) is 15.8. The molecule has 0 aliphatic rings. The molecule has 3 rings (SSSR count). The largest absolute Gasteiger partial charge is 0.478 e. The minimum atomic E-state index is -0.980. The van der Waals surface area contributed by atoms with Gasteiger partial charge in [0, 0.05) is 20.0 Å². The highest BCUT2D eigenvalue weighted by Crippen LogP contribution is 2.26.